The van der Waals surface area contributed by atoms with Gasteiger partial charge in [-0.25, -0.2) is 37.7 Å². The summed E-state index contributed by atoms with van der Waals surface area (Å²) < 4.78 is 71.7. The third kappa shape index (κ3) is 14.9. The summed E-state index contributed by atoms with van der Waals surface area (Å²) in [6.45, 7) is 10.1. The molecule has 0 saturated carbocycles. The predicted octanol–water partition coefficient (Wildman–Crippen LogP) is 6.97. The number of nitrogens with two attached hydrogens (primary N) is 2. The molecule has 0 aliphatic carbocycles. The van der Waals surface area contributed by atoms with Crippen LogP contribution >= 0.6 is 35.3 Å². The number of non-ortho nitro benzene ring substituents is 2. The summed E-state index contributed by atoms with van der Waals surface area (Å²) in [7, 11) is 0. The number of amidine groups is 3. The highest BCUT2D eigenvalue weighted by atomic mass is 32.2. The third-order valence-corrected chi connectivity index (χ3v) is 17.0. The van der Waals surface area contributed by atoms with E-state index in [0.29, 0.717) is 58.1 Å². The van der Waals surface area contributed by atoms with E-state index in [1.54, 1.807) is 47.6 Å². The fourth-order valence-electron chi connectivity index (χ4n) is 10.2. The molecule has 6 aliphatic rings. The lowest BCUT2D eigenvalue weighted by molar-refractivity contribution is -0.385. The Morgan fingerprint density at radius 3 is 1.32 bits per heavy atom. The monoisotopic (exact) mass is 1190 g/mol. The summed E-state index contributed by atoms with van der Waals surface area (Å²) in [4.78, 5) is 59.2. The van der Waals surface area contributed by atoms with Gasteiger partial charge in [0.25, 0.3) is 11.4 Å². The van der Waals surface area contributed by atoms with Crippen molar-refractivity contribution in [1.82, 2.24) is 10.6 Å². The molecule has 442 valence electrons. The van der Waals surface area contributed by atoms with Gasteiger partial charge in [0.2, 0.25) is 0 Å². The van der Waals surface area contributed by atoms with Crippen LogP contribution in [-0.2, 0) is 40.3 Å². The van der Waals surface area contributed by atoms with Crippen LogP contribution in [0, 0.1) is 55.4 Å². The van der Waals surface area contributed by atoms with E-state index < -0.39 is 73.4 Å². The molecule has 3 fully saturated rings. The van der Waals surface area contributed by atoms with E-state index in [-0.39, 0.29) is 97.3 Å². The maximum absolute atomic E-state index is 14.9. The molecular weight excluding hydrogens is 1130 g/mol. The van der Waals surface area contributed by atoms with Gasteiger partial charge in [-0.05, 0) is 91.1 Å². The fraction of sp³-hybridized carbons (Fsp3) is 0.558. The number of carbonyl (C=O) groups is 2. The zero-order valence-corrected chi connectivity index (χ0v) is 47.7. The number of nitro benzene ring substituents is 2. The topological polar surface area (TPSA) is 340 Å². The number of halogens is 3. The molecule has 0 aromatic heterocycles. The second kappa shape index (κ2) is 25.8. The number of anilines is 1. The molecule has 2 amide bonds. The molecule has 81 heavy (non-hydrogen) atoms. The van der Waals surface area contributed by atoms with Crippen LogP contribution in [0.3, 0.4) is 0 Å². The Bertz CT molecular complexity index is 2940. The first kappa shape index (κ1) is 62.8. The number of aliphatic hydroxyl groups excluding tert-OH is 3. The van der Waals surface area contributed by atoms with E-state index in [1.807, 2.05) is 0 Å². The van der Waals surface area contributed by atoms with Gasteiger partial charge in [0.15, 0.2) is 15.5 Å². The minimum Gasteiger partial charge on any atom is -0.444 e. The first-order valence-electron chi connectivity index (χ1n) is 25.7. The minimum atomic E-state index is -1.27. The van der Waals surface area contributed by atoms with Gasteiger partial charge in [-0.2, -0.15) is 0 Å². The molecule has 9 N–H and O–H groups in total. The number of carbonyl (C=O) groups excluding carboxylic acids is 2. The Morgan fingerprint density at radius 1 is 0.617 bits per heavy atom. The molecule has 6 heterocycles. The highest BCUT2D eigenvalue weighted by Gasteiger charge is 2.53. The lowest BCUT2D eigenvalue weighted by Crippen LogP contribution is -2.52. The van der Waals surface area contributed by atoms with Crippen molar-refractivity contribution in [3.63, 3.8) is 0 Å². The van der Waals surface area contributed by atoms with E-state index >= 15 is 0 Å². The van der Waals surface area contributed by atoms with E-state index in [1.165, 1.54) is 53.5 Å². The van der Waals surface area contributed by atoms with Crippen molar-refractivity contribution in [1.29, 1.82) is 0 Å². The second-order valence-electron chi connectivity index (χ2n) is 22.0. The molecule has 0 bridgehead atoms. The van der Waals surface area contributed by atoms with Gasteiger partial charge in [-0.3, -0.25) is 30.9 Å². The van der Waals surface area contributed by atoms with E-state index in [0.717, 1.165) is 30.3 Å². The van der Waals surface area contributed by atoms with Crippen molar-refractivity contribution >= 4 is 80.0 Å². The van der Waals surface area contributed by atoms with Gasteiger partial charge < -0.3 is 50.5 Å². The number of aliphatic hydroxyl groups is 3. The van der Waals surface area contributed by atoms with Crippen molar-refractivity contribution in [2.45, 2.75) is 107 Å². The molecule has 29 heteroatoms. The van der Waals surface area contributed by atoms with Crippen LogP contribution in [-0.4, -0.2) is 139 Å². The summed E-state index contributed by atoms with van der Waals surface area (Å²) >= 11 is 4.00. The van der Waals surface area contributed by atoms with E-state index in [2.05, 4.69) is 20.6 Å². The number of nitro groups is 2. The van der Waals surface area contributed by atoms with Crippen LogP contribution in [0.4, 0.5) is 39.8 Å². The van der Waals surface area contributed by atoms with Crippen LogP contribution in [0.5, 0.6) is 0 Å². The third-order valence-electron chi connectivity index (χ3n) is 14.0. The minimum absolute atomic E-state index is 0.0295. The van der Waals surface area contributed by atoms with Gasteiger partial charge in [-0.1, -0.05) is 35.3 Å². The average molecular weight is 1190 g/mol. The predicted molar refractivity (Wildman–Crippen MR) is 299 cm³/mol. The summed E-state index contributed by atoms with van der Waals surface area (Å²) in [5.41, 5.74) is 7.43. The van der Waals surface area contributed by atoms with Gasteiger partial charge in [0, 0.05) is 81.7 Å². The smallest absolute Gasteiger partial charge is 0.413 e. The number of benzene rings is 3. The average Bonchev–Trinajstić information content (AvgIpc) is 3.59. The van der Waals surface area contributed by atoms with Crippen LogP contribution in [0.2, 0.25) is 0 Å². The molecule has 3 aromatic carbocycles. The van der Waals surface area contributed by atoms with Crippen LogP contribution in [0.15, 0.2) is 69.6 Å². The summed E-state index contributed by atoms with van der Waals surface area (Å²) in [6.07, 6.45) is -1.00. The Kier molecular flexibility index (Phi) is 20.0. The number of fused-ring (bicyclic) bond motifs is 3. The van der Waals surface area contributed by atoms with Crippen LogP contribution < -0.4 is 22.1 Å². The van der Waals surface area contributed by atoms with Crippen molar-refractivity contribution in [3.05, 3.63) is 109 Å². The normalized spacial score (nSPS) is 27.9. The number of aliphatic imine (C=N–C) groups is 3. The number of nitrogen functional groups attached to an aromatic ring is 1. The highest BCUT2D eigenvalue weighted by molar-refractivity contribution is 8.14. The Labute approximate surface area is 477 Å². The standard InChI is InChI=1S/C19H24FN3O6S.C19H26FN3O4S.C14H16FN3O4S/c1-18(2,3)29-17(25)21-16-22-19(10-28-13(8-24)6-11(19)9-30-16)14-7-12(23(26)27)4-5-15(14)20;1-18(2,3)27-17(25)22-16-23-19(14-7-12(21)4-5-15(14)20)10-26-13(8-24)6-11(19)9-28-16;15-12-2-1-9(18(20)21)4-11(12)14-7-22-10(5-19)3-8(14)6-23-13(16)17-14/h4-5,7,11,13,24H,6,8-10H2,1-3H3,(H,21,22,25);4-5,7,11,13,24H,6,8-10,21H2,1-3H3,(H,22,23,25);1-2,4,8,10,19H,3,5-7H2,(H2,16,17)/t2*11-,13+,19-;8-,10+,14-/m000/s1. The molecule has 3 aromatic rings. The number of rotatable bonds is 8. The first-order chi connectivity index (χ1) is 38.1. The summed E-state index contributed by atoms with van der Waals surface area (Å²) in [5.74, 6) is -0.479. The van der Waals surface area contributed by atoms with Gasteiger partial charge in [-0.15, -0.1) is 0 Å². The maximum Gasteiger partial charge on any atom is 0.413 e. The zero-order valence-electron chi connectivity index (χ0n) is 45.2. The molecular formula is C52H66F3N9O14S3. The summed E-state index contributed by atoms with van der Waals surface area (Å²) in [6, 6.07) is 11.1. The van der Waals surface area contributed by atoms with E-state index in [4.69, 9.17) is 40.1 Å². The van der Waals surface area contributed by atoms with Gasteiger partial charge >= 0.3 is 12.2 Å². The van der Waals surface area contributed by atoms with E-state index in [9.17, 15) is 58.3 Å². The lowest BCUT2D eigenvalue weighted by Gasteiger charge is -2.46. The molecule has 0 spiro atoms. The number of nitrogens with zero attached hydrogens (tertiary/aromatic N) is 5. The van der Waals surface area contributed by atoms with Crippen LogP contribution in [0.25, 0.3) is 0 Å². The first-order valence-corrected chi connectivity index (χ1v) is 28.6. The van der Waals surface area contributed by atoms with Crippen molar-refractivity contribution in [3.8, 4) is 0 Å². The number of ether oxygens (including phenoxy) is 5. The highest BCUT2D eigenvalue weighted by Crippen LogP contribution is 2.50. The quantitative estimate of drug-likeness (QED) is 0.0680. The fourth-order valence-corrected chi connectivity index (χ4v) is 13.5. The maximum atomic E-state index is 14.9. The molecule has 6 aliphatic heterocycles. The number of nitrogens with one attached hydrogen (secondary N) is 2. The number of thioether (sulfide) groups is 3. The number of amides is 2. The molecule has 23 nitrogen and oxygen atoms in total. The molecule has 9 atom stereocenters. The molecule has 9 rings (SSSR count). The number of hydrogen-bond donors (Lipinski definition) is 7. The van der Waals surface area contributed by atoms with Gasteiger partial charge in [0.1, 0.15) is 45.3 Å². The molecule has 3 saturated heterocycles. The van der Waals surface area contributed by atoms with Crippen molar-refractivity contribution in [2.24, 2.45) is 38.5 Å². The Morgan fingerprint density at radius 2 is 0.963 bits per heavy atom. The largest absolute Gasteiger partial charge is 0.444 e. The second-order valence-corrected chi connectivity index (χ2v) is 25.0. The van der Waals surface area contributed by atoms with Crippen LogP contribution in [0.1, 0.15) is 77.5 Å². The zero-order chi connectivity index (χ0) is 59.2. The van der Waals surface area contributed by atoms with Crippen molar-refractivity contribution < 1.29 is 71.6 Å². The SMILES string of the molecule is CC(C)(C)OC(=O)NC1=N[C@@]2(c3cc(N)ccc3F)CO[C@@H](CO)C[C@H]2CS1.CC(C)(C)OC(=O)NC1=N[C@@]2(c3cc([N+](=O)[O-])ccc3F)CO[C@@H](CO)C[C@H]2CS1.NC1=N[C@@]2(c3cc([N+](=O)[O-])ccc3F)CO[C@@H](CO)C[C@H]2CS1. The van der Waals surface area contributed by atoms with Gasteiger partial charge in [0.05, 0.1) is 67.8 Å². The summed E-state index contributed by atoms with van der Waals surface area (Å²) in [5, 5.41) is 56.6. The Hall–Kier alpha value is -5.79. The molecule has 0 radical (unpaired) electrons. The molecule has 0 unspecified atom stereocenters. The Balaban J connectivity index is 0.000000177. The lowest BCUT2D eigenvalue weighted by atomic mass is 9.75. The van der Waals surface area contributed by atoms with Crippen molar-refractivity contribution in [2.75, 3.05) is 62.6 Å². The number of hydrogen-bond acceptors (Lipinski definition) is 22. The number of alkyl carbamates (subject to hydrolysis) is 2.